The molecule has 7 nitrogen and oxygen atoms in total. The molecule has 128 valence electrons. The molecule has 0 aliphatic heterocycles. The quantitative estimate of drug-likeness (QED) is 0.765. The van der Waals surface area contributed by atoms with Crippen LogP contribution < -0.4 is 5.32 Å². The monoisotopic (exact) mass is 340 g/mol. The zero-order chi connectivity index (χ0) is 17.4. The molecule has 1 amide bonds. The molecule has 2 aromatic heterocycles. The van der Waals surface area contributed by atoms with Crippen molar-refractivity contribution >= 4 is 11.7 Å². The van der Waals surface area contributed by atoms with Crippen LogP contribution in [0.2, 0.25) is 0 Å². The first-order chi connectivity index (χ1) is 12.1. The summed E-state index contributed by atoms with van der Waals surface area (Å²) in [6, 6.07) is 6.23. The second-order valence-corrected chi connectivity index (χ2v) is 6.22. The number of aromatic amines is 1. The number of hydrogen-bond donors (Lipinski definition) is 2. The van der Waals surface area contributed by atoms with Gasteiger partial charge in [-0.15, -0.1) is 0 Å². The van der Waals surface area contributed by atoms with Gasteiger partial charge in [-0.25, -0.2) is 9.07 Å². The van der Waals surface area contributed by atoms with Gasteiger partial charge in [0.15, 0.2) is 5.82 Å². The molecule has 8 heteroatoms. The van der Waals surface area contributed by atoms with E-state index in [1.165, 1.54) is 12.1 Å². The van der Waals surface area contributed by atoms with Crippen molar-refractivity contribution in [2.45, 2.75) is 26.2 Å². The Bertz CT molecular complexity index is 931. The highest BCUT2D eigenvalue weighted by molar-refractivity contribution is 5.92. The van der Waals surface area contributed by atoms with Gasteiger partial charge >= 0.3 is 0 Å². The predicted molar refractivity (Wildman–Crippen MR) is 88.8 cm³/mol. The maximum Gasteiger partial charge on any atom is 0.229 e. The topological polar surface area (TPSA) is 88.5 Å². The highest BCUT2D eigenvalue weighted by atomic mass is 19.1. The fourth-order valence-corrected chi connectivity index (χ4v) is 3.14. The molecule has 2 N–H and O–H groups in total. The first-order valence-corrected chi connectivity index (χ1v) is 8.12. The lowest BCUT2D eigenvalue weighted by atomic mass is 9.89. The van der Waals surface area contributed by atoms with Gasteiger partial charge in [0.05, 0.1) is 17.1 Å². The lowest BCUT2D eigenvalue weighted by Crippen LogP contribution is -2.28. The van der Waals surface area contributed by atoms with Crippen LogP contribution >= 0.6 is 0 Å². The second-order valence-electron chi connectivity index (χ2n) is 6.22. The first-order valence-electron chi connectivity index (χ1n) is 8.12. The van der Waals surface area contributed by atoms with Crippen LogP contribution in [-0.2, 0) is 17.6 Å². The lowest BCUT2D eigenvalue weighted by Gasteiger charge is -2.18. The van der Waals surface area contributed by atoms with Crippen LogP contribution in [0.4, 0.5) is 10.2 Å². The predicted octanol–water partition coefficient (Wildman–Crippen LogP) is 2.18. The van der Waals surface area contributed by atoms with Crippen LogP contribution in [0.25, 0.3) is 5.69 Å². The smallest absolute Gasteiger partial charge is 0.229 e. The number of aryl methyl sites for hydroxylation is 2. The molecule has 4 rings (SSSR count). The number of anilines is 1. The molecule has 25 heavy (non-hydrogen) atoms. The maximum atomic E-state index is 13.2. The molecule has 0 fully saturated rings. The highest BCUT2D eigenvalue weighted by Crippen LogP contribution is 2.23. The van der Waals surface area contributed by atoms with Gasteiger partial charge in [0.25, 0.3) is 0 Å². The average molecular weight is 340 g/mol. The van der Waals surface area contributed by atoms with Crippen LogP contribution in [0.5, 0.6) is 0 Å². The molecule has 0 saturated carbocycles. The van der Waals surface area contributed by atoms with E-state index in [0.29, 0.717) is 12.2 Å². The molecule has 2 heterocycles. The molecule has 3 aromatic rings. The Morgan fingerprint density at radius 3 is 3.00 bits per heavy atom. The number of hydrogen-bond acceptors (Lipinski definition) is 4. The molecule has 1 aromatic carbocycles. The minimum absolute atomic E-state index is 0.0743. The Morgan fingerprint density at radius 2 is 2.16 bits per heavy atom. The van der Waals surface area contributed by atoms with Crippen LogP contribution in [-0.4, -0.2) is 31.1 Å². The number of benzene rings is 1. The van der Waals surface area contributed by atoms with Crippen LogP contribution in [0.15, 0.2) is 30.5 Å². The number of amides is 1. The number of rotatable bonds is 3. The SMILES string of the molecule is Cc1cc(F)ccc1-n1ccc(NC(=O)[C@@H]2CCc3n[nH]nc3C2)n1. The molecule has 1 aliphatic rings. The fourth-order valence-electron chi connectivity index (χ4n) is 3.14. The van der Waals surface area contributed by atoms with Crippen molar-refractivity contribution in [1.82, 2.24) is 25.2 Å². The van der Waals surface area contributed by atoms with Crippen molar-refractivity contribution in [1.29, 1.82) is 0 Å². The molecule has 0 bridgehead atoms. The normalized spacial score (nSPS) is 16.5. The van der Waals surface area contributed by atoms with E-state index in [1.807, 2.05) is 6.92 Å². The van der Waals surface area contributed by atoms with Crippen molar-refractivity contribution < 1.29 is 9.18 Å². The van der Waals surface area contributed by atoms with Crippen molar-refractivity contribution in [3.63, 3.8) is 0 Å². The largest absolute Gasteiger partial charge is 0.309 e. The van der Waals surface area contributed by atoms with Crippen LogP contribution in [0.1, 0.15) is 23.4 Å². The highest BCUT2D eigenvalue weighted by Gasteiger charge is 2.27. The van der Waals surface area contributed by atoms with Gasteiger partial charge in [-0.2, -0.15) is 20.5 Å². The van der Waals surface area contributed by atoms with E-state index >= 15 is 0 Å². The summed E-state index contributed by atoms with van der Waals surface area (Å²) in [6.07, 6.45) is 3.80. The van der Waals surface area contributed by atoms with E-state index in [4.69, 9.17) is 0 Å². The number of carbonyl (C=O) groups is 1. The number of nitrogens with one attached hydrogen (secondary N) is 2. The van der Waals surface area contributed by atoms with Gasteiger partial charge in [0.2, 0.25) is 5.91 Å². The minimum Gasteiger partial charge on any atom is -0.309 e. The Morgan fingerprint density at radius 1 is 1.32 bits per heavy atom. The molecule has 0 spiro atoms. The van der Waals surface area contributed by atoms with Crippen LogP contribution in [0.3, 0.4) is 0 Å². The van der Waals surface area contributed by atoms with E-state index in [9.17, 15) is 9.18 Å². The first kappa shape index (κ1) is 15.5. The molecule has 0 radical (unpaired) electrons. The zero-order valence-electron chi connectivity index (χ0n) is 13.7. The van der Waals surface area contributed by atoms with Crippen molar-refractivity contribution in [2.24, 2.45) is 5.92 Å². The summed E-state index contributed by atoms with van der Waals surface area (Å²) in [7, 11) is 0. The van der Waals surface area contributed by atoms with Gasteiger partial charge in [-0.3, -0.25) is 4.79 Å². The molecular formula is C17H17FN6O. The van der Waals surface area contributed by atoms with Gasteiger partial charge in [0, 0.05) is 24.6 Å². The number of halogens is 1. The Labute approximate surface area is 143 Å². The fraction of sp³-hybridized carbons (Fsp3) is 0.294. The standard InChI is InChI=1S/C17H17FN6O/c1-10-8-12(18)3-5-15(10)24-7-6-16(22-24)19-17(25)11-2-4-13-14(9-11)21-23-20-13/h3,5-8,11H,2,4,9H2,1H3,(H,19,22,25)(H,20,21,23)/t11-/m1/s1. The summed E-state index contributed by atoms with van der Waals surface area (Å²) in [5.41, 5.74) is 3.35. The molecule has 1 aliphatic carbocycles. The third kappa shape index (κ3) is 3.02. The lowest BCUT2D eigenvalue weighted by molar-refractivity contribution is -0.120. The molecule has 0 unspecified atom stereocenters. The third-order valence-corrected chi connectivity index (χ3v) is 4.49. The van der Waals surface area contributed by atoms with Crippen molar-refractivity contribution in [2.75, 3.05) is 5.32 Å². The summed E-state index contributed by atoms with van der Waals surface area (Å²) < 4.78 is 14.9. The van der Waals surface area contributed by atoms with E-state index in [0.717, 1.165) is 35.5 Å². The van der Waals surface area contributed by atoms with E-state index in [1.54, 1.807) is 23.0 Å². The van der Waals surface area contributed by atoms with Gasteiger partial charge in [-0.1, -0.05) is 0 Å². The summed E-state index contributed by atoms with van der Waals surface area (Å²) >= 11 is 0. The summed E-state index contributed by atoms with van der Waals surface area (Å²) in [4.78, 5) is 12.5. The number of carbonyl (C=O) groups excluding carboxylic acids is 1. The molecular weight excluding hydrogens is 323 g/mol. The maximum absolute atomic E-state index is 13.2. The van der Waals surface area contributed by atoms with Crippen molar-refractivity contribution in [3.8, 4) is 5.69 Å². The summed E-state index contributed by atoms with van der Waals surface area (Å²) in [6.45, 7) is 1.82. The summed E-state index contributed by atoms with van der Waals surface area (Å²) in [5.74, 6) is -0.0313. The van der Waals surface area contributed by atoms with Crippen molar-refractivity contribution in [3.05, 3.63) is 53.2 Å². The van der Waals surface area contributed by atoms with Gasteiger partial charge < -0.3 is 5.32 Å². The third-order valence-electron chi connectivity index (χ3n) is 4.49. The van der Waals surface area contributed by atoms with Gasteiger partial charge in [0.1, 0.15) is 5.82 Å². The van der Waals surface area contributed by atoms with E-state index in [-0.39, 0.29) is 17.6 Å². The average Bonchev–Trinajstić information content (AvgIpc) is 3.23. The minimum atomic E-state index is -0.286. The Balaban J connectivity index is 1.47. The molecule has 0 saturated heterocycles. The van der Waals surface area contributed by atoms with E-state index < -0.39 is 0 Å². The molecule has 1 atom stereocenters. The Kier molecular flexibility index (Phi) is 3.79. The van der Waals surface area contributed by atoms with E-state index in [2.05, 4.69) is 25.8 Å². The Hall–Kier alpha value is -3.03. The number of nitrogens with zero attached hydrogens (tertiary/aromatic N) is 4. The summed E-state index contributed by atoms with van der Waals surface area (Å²) in [5, 5.41) is 18.0. The number of fused-ring (bicyclic) bond motifs is 1. The van der Waals surface area contributed by atoms with Crippen LogP contribution in [0, 0.1) is 18.7 Å². The second kappa shape index (κ2) is 6.12. The zero-order valence-corrected chi connectivity index (χ0v) is 13.7. The number of H-pyrrole nitrogens is 1. The van der Waals surface area contributed by atoms with Gasteiger partial charge in [-0.05, 0) is 43.5 Å². The number of aromatic nitrogens is 5.